The summed E-state index contributed by atoms with van der Waals surface area (Å²) in [5, 5.41) is 11.2. The average molecular weight is 273 g/mol. The molecule has 102 valence electrons. The number of nitriles is 1. The third kappa shape index (κ3) is 2.95. The minimum absolute atomic E-state index is 0.243. The van der Waals surface area contributed by atoms with Crippen molar-refractivity contribution in [1.82, 2.24) is 4.57 Å². The zero-order valence-electron chi connectivity index (χ0n) is 10.8. The van der Waals surface area contributed by atoms with Crippen LogP contribution in [0.25, 0.3) is 5.69 Å². The first-order chi connectivity index (χ1) is 9.63. The number of rotatable bonds is 3. The van der Waals surface area contributed by atoms with Crippen LogP contribution in [0.1, 0.15) is 12.5 Å². The summed E-state index contributed by atoms with van der Waals surface area (Å²) >= 11 is 0. The van der Waals surface area contributed by atoms with E-state index in [0.717, 1.165) is 0 Å². The number of halogens is 1. The fourth-order valence-electron chi connectivity index (χ4n) is 1.69. The first-order valence-electron chi connectivity index (χ1n) is 5.96. The maximum atomic E-state index is 14.0. The molecule has 0 unspecified atom stereocenters. The third-order valence-electron chi connectivity index (χ3n) is 2.57. The highest BCUT2D eigenvalue weighted by atomic mass is 19.1. The molecule has 2 rings (SSSR count). The van der Waals surface area contributed by atoms with Crippen LogP contribution in [-0.2, 0) is 4.74 Å². The SMILES string of the molecule is CCOC(=O)Nc1ccc(-n2ccc(C#N)c2)c(F)c1. The van der Waals surface area contributed by atoms with E-state index in [1.165, 1.54) is 22.9 Å². The first-order valence-corrected chi connectivity index (χ1v) is 5.96. The highest BCUT2D eigenvalue weighted by Gasteiger charge is 2.08. The molecule has 0 saturated carbocycles. The molecule has 1 heterocycles. The van der Waals surface area contributed by atoms with Crippen LogP contribution in [0.5, 0.6) is 0 Å². The molecular weight excluding hydrogens is 261 g/mol. The number of hydrogen-bond acceptors (Lipinski definition) is 3. The molecule has 2 aromatic rings. The van der Waals surface area contributed by atoms with Gasteiger partial charge in [0.15, 0.2) is 0 Å². The fourth-order valence-corrected chi connectivity index (χ4v) is 1.69. The van der Waals surface area contributed by atoms with Crippen molar-refractivity contribution >= 4 is 11.8 Å². The van der Waals surface area contributed by atoms with Gasteiger partial charge in [-0.2, -0.15) is 5.26 Å². The number of nitrogens with one attached hydrogen (secondary N) is 1. The van der Waals surface area contributed by atoms with Crippen LogP contribution in [0.2, 0.25) is 0 Å². The molecule has 0 bridgehead atoms. The van der Waals surface area contributed by atoms with E-state index in [1.807, 2.05) is 6.07 Å². The predicted octanol–water partition coefficient (Wildman–Crippen LogP) is 3.06. The van der Waals surface area contributed by atoms with Crippen molar-refractivity contribution in [3.05, 3.63) is 48.0 Å². The highest BCUT2D eigenvalue weighted by molar-refractivity contribution is 5.84. The van der Waals surface area contributed by atoms with Gasteiger partial charge in [0.1, 0.15) is 11.9 Å². The number of carbonyl (C=O) groups is 1. The zero-order chi connectivity index (χ0) is 14.5. The summed E-state index contributed by atoms with van der Waals surface area (Å²) in [4.78, 5) is 11.2. The number of hydrogen-bond donors (Lipinski definition) is 1. The van der Waals surface area contributed by atoms with Crippen LogP contribution >= 0.6 is 0 Å². The molecule has 0 fully saturated rings. The number of carbonyl (C=O) groups excluding carboxylic acids is 1. The second-order valence-electron chi connectivity index (χ2n) is 3.93. The first kappa shape index (κ1) is 13.6. The second kappa shape index (κ2) is 5.89. The molecular formula is C14H12FN3O2. The van der Waals surface area contributed by atoms with Gasteiger partial charge in [0.05, 0.1) is 17.9 Å². The number of nitrogens with zero attached hydrogens (tertiary/aromatic N) is 2. The van der Waals surface area contributed by atoms with Gasteiger partial charge in [-0.1, -0.05) is 0 Å². The van der Waals surface area contributed by atoms with E-state index in [2.05, 4.69) is 5.32 Å². The Hall–Kier alpha value is -2.81. The van der Waals surface area contributed by atoms with E-state index in [0.29, 0.717) is 16.9 Å². The molecule has 1 N–H and O–H groups in total. The molecule has 0 spiro atoms. The standard InChI is InChI=1S/C14H12FN3O2/c1-2-20-14(19)17-11-3-4-13(12(15)7-11)18-6-5-10(8-16)9-18/h3-7,9H,2H2,1H3,(H,17,19). The third-order valence-corrected chi connectivity index (χ3v) is 2.57. The van der Waals surface area contributed by atoms with E-state index in [9.17, 15) is 9.18 Å². The number of aromatic nitrogens is 1. The molecule has 20 heavy (non-hydrogen) atoms. The van der Waals surface area contributed by atoms with Crippen molar-refractivity contribution in [2.45, 2.75) is 6.92 Å². The van der Waals surface area contributed by atoms with Crippen molar-refractivity contribution in [2.75, 3.05) is 11.9 Å². The van der Waals surface area contributed by atoms with Gasteiger partial charge < -0.3 is 9.30 Å². The van der Waals surface area contributed by atoms with E-state index in [4.69, 9.17) is 10.00 Å². The Morgan fingerprint density at radius 3 is 2.90 bits per heavy atom. The topological polar surface area (TPSA) is 67.0 Å². The van der Waals surface area contributed by atoms with Crippen molar-refractivity contribution in [3.63, 3.8) is 0 Å². The minimum Gasteiger partial charge on any atom is -0.450 e. The Morgan fingerprint density at radius 1 is 1.50 bits per heavy atom. The minimum atomic E-state index is -0.632. The lowest BCUT2D eigenvalue weighted by atomic mass is 10.2. The number of amides is 1. The molecule has 1 amide bonds. The number of anilines is 1. The van der Waals surface area contributed by atoms with Crippen molar-refractivity contribution in [3.8, 4) is 11.8 Å². The Labute approximate surface area is 115 Å². The maximum absolute atomic E-state index is 14.0. The summed E-state index contributed by atoms with van der Waals surface area (Å²) in [7, 11) is 0. The van der Waals surface area contributed by atoms with E-state index in [-0.39, 0.29) is 6.61 Å². The molecule has 1 aromatic heterocycles. The average Bonchev–Trinajstić information content (AvgIpc) is 2.87. The van der Waals surface area contributed by atoms with Crippen LogP contribution in [0.3, 0.4) is 0 Å². The summed E-state index contributed by atoms with van der Waals surface area (Å²) in [6.07, 6.45) is 2.49. The van der Waals surface area contributed by atoms with Gasteiger partial charge in [-0.3, -0.25) is 5.32 Å². The molecule has 0 radical (unpaired) electrons. The van der Waals surface area contributed by atoms with Crippen LogP contribution in [0, 0.1) is 17.1 Å². The predicted molar refractivity (Wildman–Crippen MR) is 71.1 cm³/mol. The monoisotopic (exact) mass is 273 g/mol. The van der Waals surface area contributed by atoms with Crippen molar-refractivity contribution in [1.29, 1.82) is 5.26 Å². The number of benzene rings is 1. The lowest BCUT2D eigenvalue weighted by molar-refractivity contribution is 0.168. The molecule has 0 atom stereocenters. The van der Waals surface area contributed by atoms with Gasteiger partial charge >= 0.3 is 6.09 Å². The largest absolute Gasteiger partial charge is 0.450 e. The lowest BCUT2D eigenvalue weighted by Gasteiger charge is -2.08. The van der Waals surface area contributed by atoms with Gasteiger partial charge in [-0.05, 0) is 31.2 Å². The van der Waals surface area contributed by atoms with Gasteiger partial charge in [-0.15, -0.1) is 0 Å². The summed E-state index contributed by atoms with van der Waals surface area (Å²) in [5.74, 6) is -0.514. The molecule has 0 aliphatic heterocycles. The summed E-state index contributed by atoms with van der Waals surface area (Å²) < 4.78 is 20.2. The summed E-state index contributed by atoms with van der Waals surface area (Å²) in [5.41, 5.74) is 1.04. The Balaban J connectivity index is 2.22. The van der Waals surface area contributed by atoms with Crippen LogP contribution in [0.4, 0.5) is 14.9 Å². The van der Waals surface area contributed by atoms with Crippen molar-refractivity contribution in [2.24, 2.45) is 0 Å². The molecule has 1 aromatic carbocycles. The Morgan fingerprint density at radius 2 is 2.30 bits per heavy atom. The van der Waals surface area contributed by atoms with Gasteiger partial charge in [0.25, 0.3) is 0 Å². The smallest absolute Gasteiger partial charge is 0.411 e. The van der Waals surface area contributed by atoms with Crippen molar-refractivity contribution < 1.29 is 13.9 Å². The molecule has 5 nitrogen and oxygen atoms in total. The molecule has 0 saturated heterocycles. The number of ether oxygens (including phenoxy) is 1. The second-order valence-corrected chi connectivity index (χ2v) is 3.93. The summed E-state index contributed by atoms with van der Waals surface area (Å²) in [6, 6.07) is 7.82. The highest BCUT2D eigenvalue weighted by Crippen LogP contribution is 2.19. The quantitative estimate of drug-likeness (QED) is 0.934. The van der Waals surface area contributed by atoms with E-state index in [1.54, 1.807) is 25.3 Å². The molecule has 0 aliphatic carbocycles. The normalized spacial score (nSPS) is 9.85. The van der Waals surface area contributed by atoms with Gasteiger partial charge in [-0.25, -0.2) is 9.18 Å². The van der Waals surface area contributed by atoms with Crippen LogP contribution < -0.4 is 5.32 Å². The van der Waals surface area contributed by atoms with E-state index < -0.39 is 11.9 Å². The lowest BCUT2D eigenvalue weighted by Crippen LogP contribution is -2.13. The van der Waals surface area contributed by atoms with Crippen LogP contribution in [0.15, 0.2) is 36.7 Å². The Bertz CT molecular complexity index is 673. The van der Waals surface area contributed by atoms with Gasteiger partial charge in [0, 0.05) is 18.1 Å². The maximum Gasteiger partial charge on any atom is 0.411 e. The Kier molecular flexibility index (Phi) is 4.01. The zero-order valence-corrected chi connectivity index (χ0v) is 10.8. The van der Waals surface area contributed by atoms with Gasteiger partial charge in [0.2, 0.25) is 0 Å². The molecule has 6 heteroatoms. The fraction of sp³-hybridized carbons (Fsp3) is 0.143. The molecule has 0 aliphatic rings. The summed E-state index contributed by atoms with van der Waals surface area (Å²) in [6.45, 7) is 1.93. The van der Waals surface area contributed by atoms with Crippen LogP contribution in [-0.4, -0.2) is 17.3 Å². The van der Waals surface area contributed by atoms with E-state index >= 15 is 0 Å².